The molecule has 0 aromatic heterocycles. The fraction of sp³-hybridized carbons (Fsp3) is 0.500. The first-order valence-electron chi connectivity index (χ1n) is 6.68. The van der Waals surface area contributed by atoms with Crippen LogP contribution in [0.2, 0.25) is 5.02 Å². The molecule has 0 aliphatic heterocycles. The van der Waals surface area contributed by atoms with Crippen LogP contribution in [0.4, 0.5) is 5.69 Å². The molecule has 6 heteroatoms. The molecule has 1 unspecified atom stereocenters. The van der Waals surface area contributed by atoms with E-state index in [1.807, 2.05) is 6.92 Å². The highest BCUT2D eigenvalue weighted by atomic mass is 79.9. The van der Waals surface area contributed by atoms with Gasteiger partial charge in [-0.05, 0) is 53.7 Å². The third kappa shape index (κ3) is 4.11. The zero-order valence-corrected chi connectivity index (χ0v) is 13.6. The molecule has 1 aliphatic carbocycles. The van der Waals surface area contributed by atoms with Gasteiger partial charge in [0.25, 0.3) is 0 Å². The Balaban J connectivity index is 2.08. The molecule has 1 amide bonds. The lowest BCUT2D eigenvalue weighted by Gasteiger charge is -2.15. The van der Waals surface area contributed by atoms with E-state index in [0.717, 1.165) is 12.8 Å². The minimum atomic E-state index is -0.112. The monoisotopic (exact) mass is 360 g/mol. The quantitative estimate of drug-likeness (QED) is 0.814. The maximum Gasteiger partial charge on any atom is 0.226 e. The Labute approximate surface area is 132 Å². The van der Waals surface area contributed by atoms with Gasteiger partial charge in [-0.2, -0.15) is 0 Å². The maximum absolute atomic E-state index is 12.0. The number of hydrogen-bond acceptors (Lipinski definition) is 3. The first-order chi connectivity index (χ1) is 9.51. The van der Waals surface area contributed by atoms with E-state index in [1.54, 1.807) is 12.1 Å². The number of nitrogens with one attached hydrogen (secondary N) is 1. The lowest BCUT2D eigenvalue weighted by molar-refractivity contribution is -0.116. The molecule has 4 nitrogen and oxygen atoms in total. The van der Waals surface area contributed by atoms with Crippen LogP contribution in [0.5, 0.6) is 5.75 Å². The van der Waals surface area contributed by atoms with Crippen molar-refractivity contribution in [1.82, 2.24) is 0 Å². The van der Waals surface area contributed by atoms with Gasteiger partial charge < -0.3 is 15.8 Å². The molecule has 1 saturated carbocycles. The number of rotatable bonds is 6. The van der Waals surface area contributed by atoms with Gasteiger partial charge in [0.1, 0.15) is 0 Å². The highest BCUT2D eigenvalue weighted by Gasteiger charge is 2.30. The van der Waals surface area contributed by atoms with Crippen molar-refractivity contribution in [2.24, 2.45) is 11.7 Å². The van der Waals surface area contributed by atoms with Gasteiger partial charge in [-0.15, -0.1) is 0 Å². The second-order valence-electron chi connectivity index (χ2n) is 4.95. The predicted octanol–water partition coefficient (Wildman–Crippen LogP) is 3.57. The molecule has 0 heterocycles. The fourth-order valence-corrected chi connectivity index (χ4v) is 2.98. The van der Waals surface area contributed by atoms with Crippen molar-refractivity contribution in [3.63, 3.8) is 0 Å². The lowest BCUT2D eigenvalue weighted by atomic mass is 10.1. The van der Waals surface area contributed by atoms with Crippen LogP contribution in [0.15, 0.2) is 16.6 Å². The summed E-state index contributed by atoms with van der Waals surface area (Å²) < 4.78 is 6.25. The SMILES string of the molecule is CCOc1c(Br)cc(Cl)cc1NC(=O)CC(N)C1CC1. The third-order valence-electron chi connectivity index (χ3n) is 3.22. The number of nitrogens with two attached hydrogens (primary N) is 1. The zero-order chi connectivity index (χ0) is 14.7. The Hall–Kier alpha value is -0.780. The van der Waals surface area contributed by atoms with E-state index in [2.05, 4.69) is 21.2 Å². The minimum Gasteiger partial charge on any atom is -0.491 e. The molecule has 1 aliphatic rings. The summed E-state index contributed by atoms with van der Waals surface area (Å²) in [4.78, 5) is 12.0. The molecule has 1 aromatic rings. The number of carbonyl (C=O) groups is 1. The van der Waals surface area contributed by atoms with Gasteiger partial charge in [0.2, 0.25) is 5.91 Å². The number of ether oxygens (including phenoxy) is 1. The molecular weight excluding hydrogens is 344 g/mol. The highest BCUT2D eigenvalue weighted by Crippen LogP contribution is 2.37. The van der Waals surface area contributed by atoms with Crippen LogP contribution in [0.3, 0.4) is 0 Å². The van der Waals surface area contributed by atoms with Crippen LogP contribution in [0.25, 0.3) is 0 Å². The molecule has 20 heavy (non-hydrogen) atoms. The Morgan fingerprint density at radius 3 is 2.90 bits per heavy atom. The molecule has 0 saturated heterocycles. The van der Waals surface area contributed by atoms with Crippen molar-refractivity contribution in [2.75, 3.05) is 11.9 Å². The summed E-state index contributed by atoms with van der Waals surface area (Å²) in [6, 6.07) is 3.35. The van der Waals surface area contributed by atoms with Crippen molar-refractivity contribution in [3.8, 4) is 5.75 Å². The van der Waals surface area contributed by atoms with E-state index in [1.165, 1.54) is 0 Å². The van der Waals surface area contributed by atoms with Crippen molar-refractivity contribution in [3.05, 3.63) is 21.6 Å². The van der Waals surface area contributed by atoms with Gasteiger partial charge in [0.05, 0.1) is 16.8 Å². The van der Waals surface area contributed by atoms with E-state index >= 15 is 0 Å². The molecule has 0 bridgehead atoms. The van der Waals surface area contributed by atoms with Crippen LogP contribution in [-0.2, 0) is 4.79 Å². The third-order valence-corrected chi connectivity index (χ3v) is 4.03. The molecule has 1 atom stereocenters. The highest BCUT2D eigenvalue weighted by molar-refractivity contribution is 9.10. The first-order valence-corrected chi connectivity index (χ1v) is 7.85. The van der Waals surface area contributed by atoms with Gasteiger partial charge in [-0.3, -0.25) is 4.79 Å². The molecule has 1 aromatic carbocycles. The number of benzene rings is 1. The summed E-state index contributed by atoms with van der Waals surface area (Å²) in [6.45, 7) is 2.39. The van der Waals surface area contributed by atoms with Gasteiger partial charge in [-0.1, -0.05) is 11.6 Å². The van der Waals surface area contributed by atoms with Crippen LogP contribution in [0, 0.1) is 5.92 Å². The topological polar surface area (TPSA) is 64.3 Å². The lowest BCUT2D eigenvalue weighted by Crippen LogP contribution is -2.29. The fourth-order valence-electron chi connectivity index (χ4n) is 2.05. The molecular formula is C14H18BrClN2O2. The molecule has 1 fully saturated rings. The largest absolute Gasteiger partial charge is 0.491 e. The smallest absolute Gasteiger partial charge is 0.226 e. The van der Waals surface area contributed by atoms with E-state index < -0.39 is 0 Å². The molecule has 0 spiro atoms. The van der Waals surface area contributed by atoms with E-state index in [9.17, 15) is 4.79 Å². The Bertz CT molecular complexity index is 506. The predicted molar refractivity (Wildman–Crippen MR) is 84.3 cm³/mol. The van der Waals surface area contributed by atoms with Gasteiger partial charge in [0, 0.05) is 17.5 Å². The normalized spacial score (nSPS) is 15.8. The second-order valence-corrected chi connectivity index (χ2v) is 6.24. The summed E-state index contributed by atoms with van der Waals surface area (Å²) >= 11 is 9.40. The number of amides is 1. The standard InChI is InChI=1S/C14H18BrClN2O2/c1-2-20-14-10(15)5-9(16)6-12(14)18-13(19)7-11(17)8-3-4-8/h5-6,8,11H,2-4,7,17H2,1H3,(H,18,19). The number of halogens is 2. The molecule has 0 radical (unpaired) electrons. The van der Waals surface area contributed by atoms with Crippen LogP contribution in [-0.4, -0.2) is 18.6 Å². The Morgan fingerprint density at radius 2 is 2.30 bits per heavy atom. The van der Waals surface area contributed by atoms with Crippen molar-refractivity contribution in [1.29, 1.82) is 0 Å². The Kier molecular flexibility index (Phi) is 5.29. The van der Waals surface area contributed by atoms with Crippen LogP contribution in [0.1, 0.15) is 26.2 Å². The summed E-state index contributed by atoms with van der Waals surface area (Å²) in [6.07, 6.45) is 2.57. The van der Waals surface area contributed by atoms with Crippen LogP contribution < -0.4 is 15.8 Å². The number of hydrogen-bond donors (Lipinski definition) is 2. The van der Waals surface area contributed by atoms with Crippen molar-refractivity contribution >= 4 is 39.1 Å². The molecule has 3 N–H and O–H groups in total. The maximum atomic E-state index is 12.0. The van der Waals surface area contributed by atoms with Crippen molar-refractivity contribution < 1.29 is 9.53 Å². The average molecular weight is 362 g/mol. The Morgan fingerprint density at radius 1 is 1.60 bits per heavy atom. The van der Waals surface area contributed by atoms with Gasteiger partial charge in [0.15, 0.2) is 5.75 Å². The molecule has 110 valence electrons. The van der Waals surface area contributed by atoms with Gasteiger partial charge >= 0.3 is 0 Å². The summed E-state index contributed by atoms with van der Waals surface area (Å²) in [7, 11) is 0. The first kappa shape index (κ1) is 15.6. The minimum absolute atomic E-state index is 0.0619. The van der Waals surface area contributed by atoms with Gasteiger partial charge in [-0.25, -0.2) is 0 Å². The van der Waals surface area contributed by atoms with E-state index in [-0.39, 0.29) is 11.9 Å². The van der Waals surface area contributed by atoms with E-state index in [0.29, 0.717) is 39.9 Å². The zero-order valence-electron chi connectivity index (χ0n) is 11.3. The number of anilines is 1. The molecule has 2 rings (SSSR count). The van der Waals surface area contributed by atoms with E-state index in [4.69, 9.17) is 22.1 Å². The van der Waals surface area contributed by atoms with Crippen LogP contribution >= 0.6 is 27.5 Å². The average Bonchev–Trinajstić information content (AvgIpc) is 3.17. The summed E-state index contributed by atoms with van der Waals surface area (Å²) in [5.41, 5.74) is 6.53. The summed E-state index contributed by atoms with van der Waals surface area (Å²) in [5, 5.41) is 3.36. The summed E-state index contributed by atoms with van der Waals surface area (Å²) in [5.74, 6) is 0.975. The van der Waals surface area contributed by atoms with Crippen molar-refractivity contribution in [2.45, 2.75) is 32.2 Å². The number of carbonyl (C=O) groups excluding carboxylic acids is 1. The second kappa shape index (κ2) is 6.78.